The van der Waals surface area contributed by atoms with Crippen molar-refractivity contribution in [1.29, 1.82) is 0 Å². The molecule has 1 aliphatic rings. The molecular weight excluding hydrogens is 337 g/mol. The van der Waals surface area contributed by atoms with Crippen LogP contribution in [0.1, 0.15) is 31.4 Å². The van der Waals surface area contributed by atoms with Crippen LogP contribution in [0.5, 0.6) is 0 Å². The summed E-state index contributed by atoms with van der Waals surface area (Å²) in [5.41, 5.74) is -0.372. The molecule has 0 saturated heterocycles. The summed E-state index contributed by atoms with van der Waals surface area (Å²) in [7, 11) is 0. The van der Waals surface area contributed by atoms with Gasteiger partial charge in [0, 0.05) is 11.7 Å². The third-order valence-corrected chi connectivity index (χ3v) is 3.76. The fourth-order valence-corrected chi connectivity index (χ4v) is 2.63. The molecule has 0 fully saturated rings. The maximum absolute atomic E-state index is 13.4. The van der Waals surface area contributed by atoms with E-state index in [1.165, 1.54) is 12.1 Å². The molecule has 25 heavy (non-hydrogen) atoms. The number of carbonyl (C=O) groups is 1. The van der Waals surface area contributed by atoms with E-state index in [0.29, 0.717) is 12.1 Å². The molecule has 5 nitrogen and oxygen atoms in total. The maximum Gasteiger partial charge on any atom is 0.418 e. The van der Waals surface area contributed by atoms with Gasteiger partial charge in [-0.2, -0.15) is 13.2 Å². The highest BCUT2D eigenvalue weighted by molar-refractivity contribution is 6.04. The number of benzene rings is 1. The minimum Gasteiger partial charge on any atom is -0.458 e. The van der Waals surface area contributed by atoms with Gasteiger partial charge in [-0.25, -0.2) is 0 Å². The highest BCUT2D eigenvalue weighted by Crippen LogP contribution is 2.36. The zero-order valence-electron chi connectivity index (χ0n) is 14.1. The lowest BCUT2D eigenvalue weighted by Gasteiger charge is -2.23. The van der Waals surface area contributed by atoms with Gasteiger partial charge in [-0.3, -0.25) is 9.79 Å². The van der Waals surface area contributed by atoms with Gasteiger partial charge in [0.25, 0.3) is 0 Å². The van der Waals surface area contributed by atoms with E-state index in [1.54, 1.807) is 0 Å². The Morgan fingerprint density at radius 2 is 2.08 bits per heavy atom. The number of nitrogens with zero attached hydrogens (tertiary/aromatic N) is 1. The van der Waals surface area contributed by atoms with Gasteiger partial charge >= 0.3 is 12.1 Å². The van der Waals surface area contributed by atoms with E-state index in [0.717, 1.165) is 6.07 Å². The summed E-state index contributed by atoms with van der Waals surface area (Å²) in [5, 5.41) is 12.2. The van der Waals surface area contributed by atoms with Crippen molar-refractivity contribution in [1.82, 2.24) is 0 Å². The van der Waals surface area contributed by atoms with Crippen molar-refractivity contribution in [2.45, 2.75) is 32.5 Å². The first kappa shape index (κ1) is 19.2. The van der Waals surface area contributed by atoms with Crippen LogP contribution < -0.4 is 5.32 Å². The Kier molecular flexibility index (Phi) is 6.05. The van der Waals surface area contributed by atoms with E-state index < -0.39 is 23.8 Å². The highest BCUT2D eigenvalue weighted by Gasteiger charge is 2.35. The summed E-state index contributed by atoms with van der Waals surface area (Å²) in [4.78, 5) is 15.0. The van der Waals surface area contributed by atoms with Crippen molar-refractivity contribution in [3.63, 3.8) is 0 Å². The van der Waals surface area contributed by atoms with E-state index >= 15 is 0 Å². The number of hydrogen-bond acceptors (Lipinski definition) is 5. The Morgan fingerprint density at radius 1 is 1.36 bits per heavy atom. The molecule has 1 atom stereocenters. The number of halogens is 3. The maximum atomic E-state index is 13.4. The Hall–Kier alpha value is -2.09. The fourth-order valence-electron chi connectivity index (χ4n) is 2.63. The van der Waals surface area contributed by atoms with Crippen LogP contribution in [0.4, 0.5) is 18.9 Å². The van der Waals surface area contributed by atoms with Crippen LogP contribution in [0.3, 0.4) is 0 Å². The van der Waals surface area contributed by atoms with Crippen molar-refractivity contribution < 1.29 is 27.8 Å². The van der Waals surface area contributed by atoms with Crippen molar-refractivity contribution in [3.05, 3.63) is 29.3 Å². The van der Waals surface area contributed by atoms with E-state index in [4.69, 9.17) is 4.74 Å². The monoisotopic (exact) mass is 358 g/mol. The molecule has 0 bridgehead atoms. The lowest BCUT2D eigenvalue weighted by molar-refractivity contribution is -0.141. The van der Waals surface area contributed by atoms with Gasteiger partial charge in [0.15, 0.2) is 0 Å². The van der Waals surface area contributed by atoms with Crippen LogP contribution in [0.15, 0.2) is 23.2 Å². The number of aliphatic hydroxyl groups is 1. The molecule has 2 N–H and O–H groups in total. The molecule has 138 valence electrons. The Bertz CT molecular complexity index is 657. The van der Waals surface area contributed by atoms with Gasteiger partial charge in [-0.05, 0) is 30.0 Å². The Balaban J connectivity index is 2.33. The highest BCUT2D eigenvalue weighted by atomic mass is 19.4. The third-order valence-electron chi connectivity index (χ3n) is 3.76. The third kappa shape index (κ3) is 5.19. The predicted molar refractivity (Wildman–Crippen MR) is 87.8 cm³/mol. The first-order valence-corrected chi connectivity index (χ1v) is 7.98. The number of esters is 1. The van der Waals surface area contributed by atoms with Gasteiger partial charge in [-0.15, -0.1) is 0 Å². The summed E-state index contributed by atoms with van der Waals surface area (Å²) in [6.45, 7) is 3.26. The second-order valence-corrected chi connectivity index (χ2v) is 6.34. The normalized spacial score (nSPS) is 16.4. The van der Waals surface area contributed by atoms with Gasteiger partial charge in [0.1, 0.15) is 13.2 Å². The number of carbonyl (C=O) groups excluding carboxylic acids is 1. The van der Waals surface area contributed by atoms with Crippen LogP contribution in [0.25, 0.3) is 0 Å². The first-order chi connectivity index (χ1) is 11.7. The summed E-state index contributed by atoms with van der Waals surface area (Å²) < 4.78 is 45.2. The van der Waals surface area contributed by atoms with E-state index in [9.17, 15) is 23.1 Å². The molecule has 1 heterocycles. The quantitative estimate of drug-likeness (QED) is 0.767. The van der Waals surface area contributed by atoms with Crippen molar-refractivity contribution >= 4 is 17.4 Å². The van der Waals surface area contributed by atoms with E-state index in [1.807, 2.05) is 13.8 Å². The van der Waals surface area contributed by atoms with Gasteiger partial charge in [-0.1, -0.05) is 19.9 Å². The molecule has 0 amide bonds. The lowest BCUT2D eigenvalue weighted by Crippen LogP contribution is -2.27. The molecule has 1 aliphatic heterocycles. The number of aliphatic imine (C=N–C) groups is 1. The number of cyclic esters (lactones) is 1. The standard InChI is InChI=1S/C17H21F3N2O3/c1-10(2)5-12(8-23)22-14-4-3-11(6-13(14)17(18,19)20)15-9-25-16(24)7-21-15/h3-4,6,10,12,22-23H,5,7-9H2,1-2H3/t12-/m1/s1. The average Bonchev–Trinajstić information content (AvgIpc) is 2.54. The smallest absolute Gasteiger partial charge is 0.418 e. The van der Waals surface area contributed by atoms with Crippen LogP contribution in [0, 0.1) is 5.92 Å². The molecule has 1 aromatic rings. The number of alkyl halides is 3. The molecule has 0 unspecified atom stereocenters. The Labute approximate surface area is 143 Å². The molecule has 0 aliphatic carbocycles. The molecular formula is C17H21F3N2O3. The molecule has 0 aromatic heterocycles. The number of hydrogen-bond donors (Lipinski definition) is 2. The van der Waals surface area contributed by atoms with E-state index in [2.05, 4.69) is 10.3 Å². The van der Waals surface area contributed by atoms with Crippen LogP contribution in [-0.4, -0.2) is 42.6 Å². The van der Waals surface area contributed by atoms with Crippen molar-refractivity contribution in [3.8, 4) is 0 Å². The van der Waals surface area contributed by atoms with Crippen molar-refractivity contribution in [2.75, 3.05) is 25.1 Å². The molecule has 0 spiro atoms. The van der Waals surface area contributed by atoms with E-state index in [-0.39, 0.29) is 36.9 Å². The number of nitrogens with one attached hydrogen (secondary N) is 1. The zero-order chi connectivity index (χ0) is 18.6. The molecule has 1 aromatic carbocycles. The summed E-state index contributed by atoms with van der Waals surface area (Å²) in [5.74, 6) is -0.276. The number of aliphatic hydroxyl groups excluding tert-OH is 1. The fraction of sp³-hybridized carbons (Fsp3) is 0.529. The summed E-state index contributed by atoms with van der Waals surface area (Å²) in [6, 6.07) is 3.34. The summed E-state index contributed by atoms with van der Waals surface area (Å²) in [6.07, 6.45) is -4.03. The average molecular weight is 358 g/mol. The second kappa shape index (κ2) is 7.86. The van der Waals surface area contributed by atoms with Gasteiger partial charge in [0.2, 0.25) is 0 Å². The topological polar surface area (TPSA) is 70.9 Å². The molecule has 0 saturated carbocycles. The second-order valence-electron chi connectivity index (χ2n) is 6.34. The first-order valence-electron chi connectivity index (χ1n) is 7.98. The minimum atomic E-state index is -4.57. The SMILES string of the molecule is CC(C)C[C@H](CO)Nc1ccc(C2=NCC(=O)OC2)cc1C(F)(F)F. The van der Waals surface area contributed by atoms with Crippen molar-refractivity contribution in [2.24, 2.45) is 10.9 Å². The molecule has 2 rings (SSSR count). The van der Waals surface area contributed by atoms with Crippen LogP contribution in [0.2, 0.25) is 0 Å². The minimum absolute atomic E-state index is 0.0932. The van der Waals surface area contributed by atoms with Crippen LogP contribution >= 0.6 is 0 Å². The zero-order valence-corrected chi connectivity index (χ0v) is 14.1. The number of rotatable bonds is 6. The van der Waals surface area contributed by atoms with Gasteiger partial charge < -0.3 is 15.2 Å². The largest absolute Gasteiger partial charge is 0.458 e. The molecule has 8 heteroatoms. The molecule has 0 radical (unpaired) electrons. The Morgan fingerprint density at radius 3 is 2.60 bits per heavy atom. The predicted octanol–water partition coefficient (Wildman–Crippen LogP) is 2.87. The lowest BCUT2D eigenvalue weighted by atomic mass is 10.0. The number of anilines is 1. The summed E-state index contributed by atoms with van der Waals surface area (Å²) >= 11 is 0. The number of ether oxygens (including phenoxy) is 1. The van der Waals surface area contributed by atoms with Crippen LogP contribution in [-0.2, 0) is 15.7 Å². The van der Waals surface area contributed by atoms with Gasteiger partial charge in [0.05, 0.1) is 17.9 Å².